The number of carboxylic acids is 1. The maximum absolute atomic E-state index is 13.5. The van der Waals surface area contributed by atoms with Crippen molar-refractivity contribution in [3.05, 3.63) is 75.0 Å². The van der Waals surface area contributed by atoms with Crippen molar-refractivity contribution in [2.75, 3.05) is 11.9 Å². The lowest BCUT2D eigenvalue weighted by molar-refractivity contribution is -0.122. The van der Waals surface area contributed by atoms with Crippen LogP contribution in [0.5, 0.6) is 0 Å². The number of carboxylic acid groups (broad SMARTS) is 1. The predicted octanol–water partition coefficient (Wildman–Crippen LogP) is 5.02. The number of halogens is 2. The van der Waals surface area contributed by atoms with Crippen LogP contribution in [0.25, 0.3) is 17.2 Å². The van der Waals surface area contributed by atoms with Crippen molar-refractivity contribution >= 4 is 69.3 Å². The Morgan fingerprint density at radius 2 is 1.94 bits per heavy atom. The standard InChI is InChI=1S/C23H15F2N3O4S3/c24-15-5-4-12(9-16(15)25)13-8-14(34-11-13)10-18-21(30)28(23(33)35-18)7-6-20(29)27-19-3-1-2-17(26-19)22(31)32/h1-5,8-11H,6-7H2,(H,31,32)(H,26,27,29). The summed E-state index contributed by atoms with van der Waals surface area (Å²) in [7, 11) is 0. The summed E-state index contributed by atoms with van der Waals surface area (Å²) in [5.41, 5.74) is 1.00. The van der Waals surface area contributed by atoms with Crippen LogP contribution in [0.4, 0.5) is 14.6 Å². The van der Waals surface area contributed by atoms with Crippen molar-refractivity contribution in [1.29, 1.82) is 0 Å². The smallest absolute Gasteiger partial charge is 0.354 e. The molecule has 1 fully saturated rings. The van der Waals surface area contributed by atoms with Crippen LogP contribution in [-0.2, 0) is 9.59 Å². The molecule has 0 unspecified atom stereocenters. The second-order valence-electron chi connectivity index (χ2n) is 7.21. The van der Waals surface area contributed by atoms with Gasteiger partial charge in [-0.05, 0) is 52.9 Å². The van der Waals surface area contributed by atoms with E-state index in [0.29, 0.717) is 20.4 Å². The van der Waals surface area contributed by atoms with Crippen LogP contribution < -0.4 is 5.32 Å². The minimum Gasteiger partial charge on any atom is -0.477 e. The third-order valence-corrected chi connectivity index (χ3v) is 7.08. The quantitative estimate of drug-likeness (QED) is 0.326. The van der Waals surface area contributed by atoms with E-state index in [9.17, 15) is 23.2 Å². The molecular formula is C23H15F2N3O4S3. The molecule has 1 saturated heterocycles. The van der Waals surface area contributed by atoms with Crippen molar-refractivity contribution in [3.63, 3.8) is 0 Å². The Bertz CT molecular complexity index is 1390. The molecule has 3 heterocycles. The number of amides is 2. The van der Waals surface area contributed by atoms with Gasteiger partial charge < -0.3 is 10.4 Å². The Morgan fingerprint density at radius 1 is 1.14 bits per heavy atom. The Balaban J connectivity index is 1.39. The zero-order valence-corrected chi connectivity index (χ0v) is 20.1. The first-order chi connectivity index (χ1) is 16.7. The normalized spacial score (nSPS) is 14.6. The van der Waals surface area contributed by atoms with Crippen LogP contribution in [0.1, 0.15) is 21.8 Å². The topological polar surface area (TPSA) is 99.6 Å². The van der Waals surface area contributed by atoms with Crippen LogP contribution in [0.15, 0.2) is 52.7 Å². The Kier molecular flexibility index (Phi) is 7.34. The molecule has 0 spiro atoms. The van der Waals surface area contributed by atoms with Gasteiger partial charge in [-0.1, -0.05) is 36.1 Å². The number of hydrogen-bond donors (Lipinski definition) is 2. The summed E-state index contributed by atoms with van der Waals surface area (Å²) < 4.78 is 27.0. The molecule has 4 rings (SSSR count). The van der Waals surface area contributed by atoms with Gasteiger partial charge in [0.1, 0.15) is 10.1 Å². The molecule has 35 heavy (non-hydrogen) atoms. The van der Waals surface area contributed by atoms with Crippen LogP contribution in [0, 0.1) is 11.6 Å². The minimum atomic E-state index is -1.21. The van der Waals surface area contributed by atoms with Gasteiger partial charge in [-0.3, -0.25) is 14.5 Å². The molecule has 0 saturated carbocycles. The highest BCUT2D eigenvalue weighted by Crippen LogP contribution is 2.35. The SMILES string of the molecule is O=C(CCN1C(=O)C(=Cc2cc(-c3ccc(F)c(F)c3)cs2)SC1=S)Nc1cccc(C(=O)O)n1. The molecule has 0 radical (unpaired) electrons. The number of benzene rings is 1. The van der Waals surface area contributed by atoms with E-state index < -0.39 is 23.5 Å². The molecule has 2 aromatic heterocycles. The van der Waals surface area contributed by atoms with Crippen LogP contribution >= 0.6 is 35.3 Å². The third-order valence-electron chi connectivity index (χ3n) is 4.82. The molecule has 12 heteroatoms. The van der Waals surface area contributed by atoms with Gasteiger partial charge in [0.05, 0.1) is 4.91 Å². The Morgan fingerprint density at radius 3 is 2.69 bits per heavy atom. The monoisotopic (exact) mass is 531 g/mol. The maximum atomic E-state index is 13.5. The molecule has 7 nitrogen and oxygen atoms in total. The summed E-state index contributed by atoms with van der Waals surface area (Å²) in [4.78, 5) is 42.3. The first-order valence-electron chi connectivity index (χ1n) is 10.0. The number of anilines is 1. The maximum Gasteiger partial charge on any atom is 0.354 e. The van der Waals surface area contributed by atoms with E-state index in [1.165, 1.54) is 40.5 Å². The molecule has 1 aromatic carbocycles. The van der Waals surface area contributed by atoms with Crippen molar-refractivity contribution < 1.29 is 28.3 Å². The highest BCUT2D eigenvalue weighted by molar-refractivity contribution is 8.26. The molecule has 1 aliphatic heterocycles. The molecule has 3 aromatic rings. The molecule has 1 aliphatic rings. The lowest BCUT2D eigenvalue weighted by Gasteiger charge is -2.14. The minimum absolute atomic E-state index is 0.0387. The van der Waals surface area contributed by atoms with Crippen molar-refractivity contribution in [3.8, 4) is 11.1 Å². The lowest BCUT2D eigenvalue weighted by atomic mass is 10.1. The van der Waals surface area contributed by atoms with E-state index >= 15 is 0 Å². The van der Waals surface area contributed by atoms with Gasteiger partial charge in [-0.2, -0.15) is 0 Å². The average Bonchev–Trinajstić information content (AvgIpc) is 3.39. The molecule has 0 atom stereocenters. The van der Waals surface area contributed by atoms with Gasteiger partial charge in [0.25, 0.3) is 5.91 Å². The van der Waals surface area contributed by atoms with Gasteiger partial charge in [0.2, 0.25) is 5.91 Å². The summed E-state index contributed by atoms with van der Waals surface area (Å²) in [5.74, 6) is -3.78. The van der Waals surface area contributed by atoms with E-state index in [1.807, 2.05) is 0 Å². The number of pyridine rings is 1. The number of nitrogens with zero attached hydrogens (tertiary/aromatic N) is 2. The van der Waals surface area contributed by atoms with E-state index in [2.05, 4.69) is 10.3 Å². The first-order valence-corrected chi connectivity index (χ1v) is 12.1. The molecule has 2 amide bonds. The first kappa shape index (κ1) is 24.6. The van der Waals surface area contributed by atoms with Crippen molar-refractivity contribution in [1.82, 2.24) is 9.88 Å². The second kappa shape index (κ2) is 10.4. The number of carbonyl (C=O) groups is 3. The van der Waals surface area contributed by atoms with Gasteiger partial charge in [-0.25, -0.2) is 18.6 Å². The molecule has 178 valence electrons. The van der Waals surface area contributed by atoms with Crippen LogP contribution in [0.3, 0.4) is 0 Å². The molecule has 2 N–H and O–H groups in total. The number of rotatable bonds is 7. The Labute approximate surface area is 211 Å². The molecule has 0 aliphatic carbocycles. The predicted molar refractivity (Wildman–Crippen MR) is 134 cm³/mol. The van der Waals surface area contributed by atoms with E-state index in [4.69, 9.17) is 17.3 Å². The van der Waals surface area contributed by atoms with Gasteiger partial charge in [0.15, 0.2) is 17.3 Å². The summed E-state index contributed by atoms with van der Waals surface area (Å²) in [5, 5.41) is 13.3. The number of thiocarbonyl (C=S) groups is 1. The highest BCUT2D eigenvalue weighted by Gasteiger charge is 2.32. The third kappa shape index (κ3) is 5.78. The molecule has 0 bridgehead atoms. The van der Waals surface area contributed by atoms with E-state index in [-0.39, 0.29) is 30.4 Å². The van der Waals surface area contributed by atoms with Gasteiger partial charge >= 0.3 is 5.97 Å². The number of nitrogens with one attached hydrogen (secondary N) is 1. The molecular weight excluding hydrogens is 516 g/mol. The summed E-state index contributed by atoms with van der Waals surface area (Å²) >= 11 is 7.73. The Hall–Kier alpha value is -3.48. The average molecular weight is 532 g/mol. The zero-order chi connectivity index (χ0) is 25.1. The largest absolute Gasteiger partial charge is 0.477 e. The summed E-state index contributed by atoms with van der Waals surface area (Å²) in [6.07, 6.45) is 1.59. The second-order valence-corrected chi connectivity index (χ2v) is 9.83. The van der Waals surface area contributed by atoms with E-state index in [0.717, 1.165) is 28.8 Å². The number of thioether (sulfide) groups is 1. The zero-order valence-electron chi connectivity index (χ0n) is 17.7. The van der Waals surface area contributed by atoms with Crippen LogP contribution in [0.2, 0.25) is 0 Å². The van der Waals surface area contributed by atoms with Crippen molar-refractivity contribution in [2.24, 2.45) is 0 Å². The highest BCUT2D eigenvalue weighted by atomic mass is 32.2. The van der Waals surface area contributed by atoms with Gasteiger partial charge in [0, 0.05) is 17.8 Å². The lowest BCUT2D eigenvalue weighted by Crippen LogP contribution is -2.31. The fourth-order valence-corrected chi connectivity index (χ4v) is 5.34. The van der Waals surface area contributed by atoms with Crippen LogP contribution in [-0.4, -0.2) is 43.6 Å². The summed E-state index contributed by atoms with van der Waals surface area (Å²) in [6.45, 7) is 0.0387. The fourth-order valence-electron chi connectivity index (χ4n) is 3.12. The van der Waals surface area contributed by atoms with E-state index in [1.54, 1.807) is 17.5 Å². The summed E-state index contributed by atoms with van der Waals surface area (Å²) in [6, 6.07) is 9.63. The number of carbonyl (C=O) groups excluding carboxylic acids is 2. The number of aromatic carboxylic acids is 1. The number of aromatic nitrogens is 1. The number of hydrogen-bond acceptors (Lipinski definition) is 7. The number of thiophene rings is 1. The van der Waals surface area contributed by atoms with Crippen molar-refractivity contribution in [2.45, 2.75) is 6.42 Å². The fraction of sp³-hybridized carbons (Fsp3) is 0.0870. The van der Waals surface area contributed by atoms with Gasteiger partial charge in [-0.15, -0.1) is 11.3 Å².